The molecule has 9 heteroatoms. The van der Waals surface area contributed by atoms with Crippen molar-refractivity contribution in [2.75, 3.05) is 18.1 Å². The Morgan fingerprint density at radius 3 is 2.63 bits per heavy atom. The van der Waals surface area contributed by atoms with Gasteiger partial charge in [-0.25, -0.2) is 14.2 Å². The minimum absolute atomic E-state index is 0.0430. The van der Waals surface area contributed by atoms with Crippen LogP contribution in [0.2, 0.25) is 10.2 Å². The molecule has 182 valence electrons. The fourth-order valence-electron chi connectivity index (χ4n) is 3.66. The molecule has 2 aromatic rings. The van der Waals surface area contributed by atoms with E-state index < -0.39 is 17.7 Å². The third kappa shape index (κ3) is 6.62. The molecule has 0 atom stereocenters. The van der Waals surface area contributed by atoms with Crippen LogP contribution in [0.25, 0.3) is 0 Å². The highest BCUT2D eigenvalue weighted by Crippen LogP contribution is 2.36. The normalized spacial score (nSPS) is 13.1. The number of rotatable bonds is 9. The van der Waals surface area contributed by atoms with Gasteiger partial charge in [-0.15, -0.1) is 6.42 Å². The molecule has 0 fully saturated rings. The summed E-state index contributed by atoms with van der Waals surface area (Å²) in [6.07, 6.45) is 10.3. The molecule has 0 spiro atoms. The first-order valence-electron chi connectivity index (χ1n) is 10.8. The largest absolute Gasteiger partial charge is 0.488 e. The molecule has 1 aliphatic carbocycles. The van der Waals surface area contributed by atoms with Gasteiger partial charge in [0.25, 0.3) is 5.91 Å². The van der Waals surface area contributed by atoms with Gasteiger partial charge in [0.2, 0.25) is 0 Å². The van der Waals surface area contributed by atoms with Crippen LogP contribution in [0, 0.1) is 18.2 Å². The molecule has 0 saturated heterocycles. The van der Waals surface area contributed by atoms with Gasteiger partial charge >= 0.3 is 5.97 Å². The Hall–Kier alpha value is -3.34. The molecule has 0 aliphatic heterocycles. The van der Waals surface area contributed by atoms with E-state index in [1.807, 2.05) is 0 Å². The quantitative estimate of drug-likeness (QED) is 0.186. The van der Waals surface area contributed by atoms with Gasteiger partial charge in [0, 0.05) is 23.4 Å². The van der Waals surface area contributed by atoms with E-state index in [0.717, 1.165) is 6.07 Å². The minimum Gasteiger partial charge on any atom is -0.488 e. The zero-order valence-corrected chi connectivity index (χ0v) is 20.4. The Bertz CT molecular complexity index is 1190. The van der Waals surface area contributed by atoms with Crippen LogP contribution in [0.3, 0.4) is 0 Å². The number of hydrogen-bond donors (Lipinski definition) is 0. The van der Waals surface area contributed by atoms with Gasteiger partial charge < -0.3 is 14.4 Å². The summed E-state index contributed by atoms with van der Waals surface area (Å²) in [5, 5.41) is 0.321. The van der Waals surface area contributed by atoms with Crippen molar-refractivity contribution in [2.24, 2.45) is 0 Å². The number of ether oxygens (including phenoxy) is 2. The van der Waals surface area contributed by atoms with Crippen LogP contribution in [-0.4, -0.2) is 30.1 Å². The van der Waals surface area contributed by atoms with Crippen LogP contribution < -0.4 is 9.64 Å². The van der Waals surface area contributed by atoms with Crippen LogP contribution in [0.4, 0.5) is 10.1 Å². The zero-order chi connectivity index (χ0) is 25.4. The number of terminal acetylenes is 1. The van der Waals surface area contributed by atoms with E-state index in [4.69, 9.17) is 39.1 Å². The predicted molar refractivity (Wildman–Crippen MR) is 133 cm³/mol. The number of esters is 1. The molecule has 1 heterocycles. The smallest absolute Gasteiger partial charge is 0.335 e. The van der Waals surface area contributed by atoms with Gasteiger partial charge in [0.05, 0.1) is 17.3 Å². The molecule has 1 aliphatic rings. The molecule has 6 nitrogen and oxygen atoms in total. The highest BCUT2D eigenvalue weighted by Gasteiger charge is 2.30. The van der Waals surface area contributed by atoms with Crippen LogP contribution in [0.5, 0.6) is 5.75 Å². The monoisotopic (exact) mass is 516 g/mol. The number of nitrogens with zero attached hydrogens (tertiary/aromatic N) is 2. The van der Waals surface area contributed by atoms with Gasteiger partial charge in [-0.3, -0.25) is 4.79 Å². The molecule has 0 saturated carbocycles. The SMILES string of the molecule is C#CCOC(=O)C1=C(C(=O)N(Cc2ccc(Cl)nc2)c2cc(OCC=C)c(Cl)cc2F)CCCC1. The summed E-state index contributed by atoms with van der Waals surface area (Å²) in [5.74, 6) is 0.505. The third-order valence-corrected chi connectivity index (χ3v) is 5.80. The third-order valence-electron chi connectivity index (χ3n) is 5.28. The first-order valence-corrected chi connectivity index (χ1v) is 11.6. The summed E-state index contributed by atoms with van der Waals surface area (Å²) in [4.78, 5) is 31.7. The number of halogens is 3. The number of hydrogen-bond acceptors (Lipinski definition) is 5. The summed E-state index contributed by atoms with van der Waals surface area (Å²) in [5.41, 5.74) is 1.03. The highest BCUT2D eigenvalue weighted by atomic mass is 35.5. The molecular formula is C26H23Cl2FN2O4. The van der Waals surface area contributed by atoms with Crippen LogP contribution >= 0.6 is 23.2 Å². The number of carbonyl (C=O) groups excluding carboxylic acids is 2. The fraction of sp³-hybridized carbons (Fsp3) is 0.269. The molecule has 3 rings (SSSR count). The zero-order valence-electron chi connectivity index (χ0n) is 18.9. The Labute approximate surface area is 213 Å². The lowest BCUT2D eigenvalue weighted by Crippen LogP contribution is -2.34. The topological polar surface area (TPSA) is 68.7 Å². The number of aromatic nitrogens is 1. The number of carbonyl (C=O) groups is 2. The molecule has 0 unspecified atom stereocenters. The van der Waals surface area contributed by atoms with Crippen molar-refractivity contribution in [1.82, 2.24) is 4.98 Å². The fourth-order valence-corrected chi connectivity index (χ4v) is 3.97. The average molecular weight is 517 g/mol. The maximum Gasteiger partial charge on any atom is 0.335 e. The van der Waals surface area contributed by atoms with E-state index >= 15 is 4.39 Å². The first kappa shape index (κ1) is 26.3. The van der Waals surface area contributed by atoms with Crippen molar-refractivity contribution in [3.8, 4) is 18.1 Å². The molecule has 35 heavy (non-hydrogen) atoms. The maximum atomic E-state index is 15.2. The van der Waals surface area contributed by atoms with Crippen LogP contribution in [-0.2, 0) is 20.9 Å². The molecule has 0 radical (unpaired) electrons. The van der Waals surface area contributed by atoms with E-state index in [0.29, 0.717) is 31.2 Å². The summed E-state index contributed by atoms with van der Waals surface area (Å²) in [6.45, 7) is 3.48. The van der Waals surface area contributed by atoms with Gasteiger partial charge in [0.1, 0.15) is 23.3 Å². The van der Waals surface area contributed by atoms with Crippen LogP contribution in [0.1, 0.15) is 31.2 Å². The van der Waals surface area contributed by atoms with E-state index in [1.165, 1.54) is 23.2 Å². The number of benzene rings is 1. The molecule has 1 aromatic carbocycles. The van der Waals surface area contributed by atoms with E-state index in [1.54, 1.807) is 12.1 Å². The van der Waals surface area contributed by atoms with E-state index in [9.17, 15) is 9.59 Å². The van der Waals surface area contributed by atoms with Gasteiger partial charge in [-0.05, 0) is 43.4 Å². The predicted octanol–water partition coefficient (Wildman–Crippen LogP) is 5.67. The molecule has 1 amide bonds. The van der Waals surface area contributed by atoms with E-state index in [2.05, 4.69) is 17.5 Å². The number of amides is 1. The first-order chi connectivity index (χ1) is 16.8. The Balaban J connectivity index is 2.09. The molecule has 1 aromatic heterocycles. The number of anilines is 1. The maximum absolute atomic E-state index is 15.2. The molecule has 0 N–H and O–H groups in total. The lowest BCUT2D eigenvalue weighted by molar-refractivity contribution is -0.138. The standard InChI is InChI=1S/C26H23Cl2FN2O4/c1-3-11-34-23-14-22(21(29)13-20(23)27)31(16-17-9-10-24(28)30-15-17)25(32)18-7-5-6-8-19(18)26(33)35-12-4-2/h2-3,9-10,13-15H,1,5-8,11-12,16H2. The summed E-state index contributed by atoms with van der Waals surface area (Å²) < 4.78 is 25.8. The van der Waals surface area contributed by atoms with Gasteiger partial charge in [-0.2, -0.15) is 0 Å². The lowest BCUT2D eigenvalue weighted by Gasteiger charge is -2.28. The lowest BCUT2D eigenvalue weighted by atomic mass is 9.90. The van der Waals surface area contributed by atoms with Crippen molar-refractivity contribution < 1.29 is 23.5 Å². The Morgan fingerprint density at radius 1 is 1.23 bits per heavy atom. The Morgan fingerprint density at radius 2 is 1.97 bits per heavy atom. The molecular weight excluding hydrogens is 494 g/mol. The van der Waals surface area contributed by atoms with Crippen molar-refractivity contribution in [3.05, 3.63) is 75.8 Å². The minimum atomic E-state index is -0.732. The highest BCUT2D eigenvalue weighted by molar-refractivity contribution is 6.32. The van der Waals surface area contributed by atoms with Crippen LogP contribution in [0.15, 0.2) is 54.3 Å². The summed E-state index contributed by atoms with van der Waals surface area (Å²) >= 11 is 12.0. The second-order valence-corrected chi connectivity index (χ2v) is 8.45. The van der Waals surface area contributed by atoms with Crippen molar-refractivity contribution in [2.45, 2.75) is 32.2 Å². The summed E-state index contributed by atoms with van der Waals surface area (Å²) in [7, 11) is 0. The second kappa shape index (κ2) is 12.4. The van der Waals surface area contributed by atoms with Crippen molar-refractivity contribution in [3.63, 3.8) is 0 Å². The van der Waals surface area contributed by atoms with Gasteiger partial charge in [0.15, 0.2) is 6.61 Å². The second-order valence-electron chi connectivity index (χ2n) is 7.66. The Kier molecular flexibility index (Phi) is 9.30. The van der Waals surface area contributed by atoms with Gasteiger partial charge in [-0.1, -0.05) is 47.8 Å². The number of pyridine rings is 1. The van der Waals surface area contributed by atoms with E-state index in [-0.39, 0.29) is 52.5 Å². The molecule has 0 bridgehead atoms. The van der Waals surface area contributed by atoms with Crippen molar-refractivity contribution >= 4 is 40.8 Å². The average Bonchev–Trinajstić information content (AvgIpc) is 2.86. The summed E-state index contributed by atoms with van der Waals surface area (Å²) in [6, 6.07) is 5.67. The van der Waals surface area contributed by atoms with Crippen molar-refractivity contribution in [1.29, 1.82) is 0 Å².